The molecule has 0 spiro atoms. The number of ketones is 1. The summed E-state index contributed by atoms with van der Waals surface area (Å²) in [6, 6.07) is 11.5. The second kappa shape index (κ2) is 6.66. The maximum Gasteiger partial charge on any atom is 0.167 e. The zero-order valence-corrected chi connectivity index (χ0v) is 12.6. The van der Waals surface area contributed by atoms with E-state index in [2.05, 4.69) is 15.9 Å². The summed E-state index contributed by atoms with van der Waals surface area (Å²) in [7, 11) is 0. The van der Waals surface area contributed by atoms with E-state index < -0.39 is 0 Å². The molecule has 0 aliphatic heterocycles. The van der Waals surface area contributed by atoms with Crippen molar-refractivity contribution in [3.63, 3.8) is 0 Å². The standard InChI is InChI=1S/C16H14BrFO2/c1-2-20-15-5-3-12(4-6-15)16(19)9-11-7-13(17)10-14(18)8-11/h3-8,10H,2,9H2,1H3. The second-order valence-electron chi connectivity index (χ2n) is 4.34. The molecule has 20 heavy (non-hydrogen) atoms. The van der Waals surface area contributed by atoms with E-state index in [0.717, 1.165) is 5.75 Å². The van der Waals surface area contributed by atoms with E-state index in [4.69, 9.17) is 4.74 Å². The van der Waals surface area contributed by atoms with Gasteiger partial charge in [-0.1, -0.05) is 15.9 Å². The van der Waals surface area contributed by atoms with E-state index in [1.54, 1.807) is 30.3 Å². The van der Waals surface area contributed by atoms with Crippen LogP contribution in [0.5, 0.6) is 5.75 Å². The van der Waals surface area contributed by atoms with E-state index >= 15 is 0 Å². The highest BCUT2D eigenvalue weighted by Crippen LogP contribution is 2.18. The van der Waals surface area contributed by atoms with Crippen LogP contribution in [0, 0.1) is 5.82 Å². The molecule has 2 aromatic carbocycles. The summed E-state index contributed by atoms with van der Waals surface area (Å²) in [6.07, 6.45) is 0.171. The maximum absolute atomic E-state index is 13.3. The maximum atomic E-state index is 13.3. The zero-order valence-electron chi connectivity index (χ0n) is 11.0. The van der Waals surface area contributed by atoms with Crippen molar-refractivity contribution >= 4 is 21.7 Å². The molecule has 0 amide bonds. The number of rotatable bonds is 5. The lowest BCUT2D eigenvalue weighted by molar-refractivity contribution is 0.0993. The molecule has 2 rings (SSSR count). The summed E-state index contributed by atoms with van der Waals surface area (Å²) in [6.45, 7) is 2.49. The molecule has 0 heterocycles. The number of ether oxygens (including phenoxy) is 1. The van der Waals surface area contributed by atoms with Crippen molar-refractivity contribution in [2.45, 2.75) is 13.3 Å². The third-order valence-electron chi connectivity index (χ3n) is 2.77. The molecule has 104 valence electrons. The van der Waals surface area contributed by atoms with E-state index in [1.165, 1.54) is 12.1 Å². The van der Waals surface area contributed by atoms with Gasteiger partial charge in [-0.3, -0.25) is 4.79 Å². The number of halogens is 2. The number of carbonyl (C=O) groups is 1. The van der Waals surface area contributed by atoms with Crippen LogP contribution in [0.25, 0.3) is 0 Å². The summed E-state index contributed by atoms with van der Waals surface area (Å²) >= 11 is 3.22. The van der Waals surface area contributed by atoms with Crippen molar-refractivity contribution in [1.29, 1.82) is 0 Å². The van der Waals surface area contributed by atoms with Gasteiger partial charge in [-0.2, -0.15) is 0 Å². The average Bonchev–Trinajstić information content (AvgIpc) is 2.38. The largest absolute Gasteiger partial charge is 0.494 e. The summed E-state index contributed by atoms with van der Waals surface area (Å²) in [5.41, 5.74) is 1.24. The van der Waals surface area contributed by atoms with Gasteiger partial charge in [0.25, 0.3) is 0 Å². The van der Waals surface area contributed by atoms with Crippen LogP contribution in [0.1, 0.15) is 22.8 Å². The molecule has 0 unspecified atom stereocenters. The molecular formula is C16H14BrFO2. The second-order valence-corrected chi connectivity index (χ2v) is 5.25. The lowest BCUT2D eigenvalue weighted by Gasteiger charge is -2.05. The van der Waals surface area contributed by atoms with Crippen molar-refractivity contribution < 1.29 is 13.9 Å². The molecule has 2 nitrogen and oxygen atoms in total. The molecule has 0 saturated carbocycles. The van der Waals surface area contributed by atoms with Gasteiger partial charge in [-0.15, -0.1) is 0 Å². The third-order valence-corrected chi connectivity index (χ3v) is 3.23. The van der Waals surface area contributed by atoms with Crippen LogP contribution in [-0.2, 0) is 6.42 Å². The fourth-order valence-electron chi connectivity index (χ4n) is 1.90. The van der Waals surface area contributed by atoms with Gasteiger partial charge in [0, 0.05) is 16.5 Å². The molecule has 0 saturated heterocycles. The number of carbonyl (C=O) groups excluding carboxylic acids is 1. The quantitative estimate of drug-likeness (QED) is 0.756. The van der Waals surface area contributed by atoms with E-state index in [0.29, 0.717) is 22.2 Å². The molecule has 4 heteroatoms. The van der Waals surface area contributed by atoms with Crippen molar-refractivity contribution in [3.05, 3.63) is 63.9 Å². The first-order chi connectivity index (χ1) is 9.58. The van der Waals surface area contributed by atoms with E-state index in [9.17, 15) is 9.18 Å². The van der Waals surface area contributed by atoms with Crippen LogP contribution in [0.3, 0.4) is 0 Å². The van der Waals surface area contributed by atoms with Crippen LogP contribution in [-0.4, -0.2) is 12.4 Å². The monoisotopic (exact) mass is 336 g/mol. The van der Waals surface area contributed by atoms with Crippen molar-refractivity contribution in [1.82, 2.24) is 0 Å². The Morgan fingerprint density at radius 2 is 1.90 bits per heavy atom. The molecule has 0 aromatic heterocycles. The molecule has 0 radical (unpaired) electrons. The van der Waals surface area contributed by atoms with Gasteiger partial charge < -0.3 is 4.74 Å². The van der Waals surface area contributed by atoms with Gasteiger partial charge in [-0.05, 0) is 55.0 Å². The highest BCUT2D eigenvalue weighted by atomic mass is 79.9. The van der Waals surface area contributed by atoms with Gasteiger partial charge in [-0.25, -0.2) is 4.39 Å². The number of benzene rings is 2. The highest BCUT2D eigenvalue weighted by Gasteiger charge is 2.09. The van der Waals surface area contributed by atoms with Gasteiger partial charge in [0.05, 0.1) is 6.61 Å². The van der Waals surface area contributed by atoms with Crippen molar-refractivity contribution in [3.8, 4) is 5.75 Å². The summed E-state index contributed by atoms with van der Waals surface area (Å²) in [4.78, 5) is 12.1. The molecule has 0 N–H and O–H groups in total. The Balaban J connectivity index is 2.11. The minimum absolute atomic E-state index is 0.0504. The van der Waals surface area contributed by atoms with Crippen LogP contribution >= 0.6 is 15.9 Å². The smallest absolute Gasteiger partial charge is 0.167 e. The molecule has 2 aromatic rings. The van der Waals surface area contributed by atoms with Crippen LogP contribution < -0.4 is 4.74 Å². The average molecular weight is 337 g/mol. The fourth-order valence-corrected chi connectivity index (χ4v) is 2.42. The fraction of sp³-hybridized carbons (Fsp3) is 0.188. The lowest BCUT2D eigenvalue weighted by atomic mass is 10.0. The summed E-state index contributed by atoms with van der Waals surface area (Å²) in [5, 5.41) is 0. The summed E-state index contributed by atoms with van der Waals surface area (Å²) < 4.78 is 19.2. The van der Waals surface area contributed by atoms with Crippen LogP contribution in [0.4, 0.5) is 4.39 Å². The van der Waals surface area contributed by atoms with Crippen LogP contribution in [0.15, 0.2) is 46.9 Å². The minimum atomic E-state index is -0.353. The lowest BCUT2D eigenvalue weighted by Crippen LogP contribution is -2.04. The minimum Gasteiger partial charge on any atom is -0.494 e. The van der Waals surface area contributed by atoms with Crippen LogP contribution in [0.2, 0.25) is 0 Å². The molecule has 0 atom stereocenters. The van der Waals surface area contributed by atoms with Gasteiger partial charge in [0.2, 0.25) is 0 Å². The topological polar surface area (TPSA) is 26.3 Å². The first-order valence-electron chi connectivity index (χ1n) is 6.29. The normalized spacial score (nSPS) is 10.3. The molecule has 0 aliphatic rings. The predicted octanol–water partition coefficient (Wildman–Crippen LogP) is 4.41. The van der Waals surface area contributed by atoms with E-state index in [1.807, 2.05) is 6.92 Å². The van der Waals surface area contributed by atoms with Gasteiger partial charge in [0.1, 0.15) is 11.6 Å². The third kappa shape index (κ3) is 3.90. The van der Waals surface area contributed by atoms with Gasteiger partial charge >= 0.3 is 0 Å². The number of hydrogen-bond donors (Lipinski definition) is 0. The Hall–Kier alpha value is -1.68. The Labute approximate surface area is 125 Å². The first kappa shape index (κ1) is 14.7. The van der Waals surface area contributed by atoms with E-state index in [-0.39, 0.29) is 18.0 Å². The SMILES string of the molecule is CCOc1ccc(C(=O)Cc2cc(F)cc(Br)c2)cc1. The Bertz CT molecular complexity index is 588. The molecule has 0 aliphatic carbocycles. The Kier molecular flexibility index (Phi) is 4.90. The summed E-state index contributed by atoms with van der Waals surface area (Å²) in [5.74, 6) is 0.331. The Morgan fingerprint density at radius 3 is 2.50 bits per heavy atom. The highest BCUT2D eigenvalue weighted by molar-refractivity contribution is 9.10. The first-order valence-corrected chi connectivity index (χ1v) is 7.09. The number of hydrogen-bond acceptors (Lipinski definition) is 2. The molecular weight excluding hydrogens is 323 g/mol. The van der Waals surface area contributed by atoms with Gasteiger partial charge in [0.15, 0.2) is 5.78 Å². The van der Waals surface area contributed by atoms with Crippen molar-refractivity contribution in [2.75, 3.05) is 6.61 Å². The number of Topliss-reactive ketones (excluding diaryl/α,β-unsaturated/α-hetero) is 1. The Morgan fingerprint density at radius 1 is 1.20 bits per heavy atom. The zero-order chi connectivity index (χ0) is 14.5. The van der Waals surface area contributed by atoms with Crippen molar-refractivity contribution in [2.24, 2.45) is 0 Å². The molecule has 0 bridgehead atoms. The molecule has 0 fully saturated rings. The predicted molar refractivity (Wildman–Crippen MR) is 79.7 cm³/mol.